The molecule has 132 valence electrons. The van der Waals surface area contributed by atoms with Gasteiger partial charge in [-0.25, -0.2) is 4.79 Å². The maximum absolute atomic E-state index is 12.2. The first-order valence-electron chi connectivity index (χ1n) is 8.26. The number of rotatable bonds is 5. The lowest BCUT2D eigenvalue weighted by molar-refractivity contribution is -0.136. The van der Waals surface area contributed by atoms with Gasteiger partial charge in [-0.15, -0.1) is 0 Å². The fourth-order valence-electron chi connectivity index (χ4n) is 2.13. The van der Waals surface area contributed by atoms with Crippen LogP contribution in [0.1, 0.15) is 26.3 Å². The van der Waals surface area contributed by atoms with Gasteiger partial charge >= 0.3 is 6.09 Å². The van der Waals surface area contributed by atoms with E-state index in [9.17, 15) is 9.59 Å². The number of carbonyl (C=O) groups excluding carboxylic acids is 2. The highest BCUT2D eigenvalue weighted by atomic mass is 28.4. The van der Waals surface area contributed by atoms with Crippen LogP contribution in [0.25, 0.3) is 0 Å². The Labute approximate surface area is 145 Å². The van der Waals surface area contributed by atoms with E-state index in [0.29, 0.717) is 0 Å². The third-order valence-corrected chi connectivity index (χ3v) is 9.42. The lowest BCUT2D eigenvalue weighted by Gasteiger charge is -2.42. The molecule has 2 rings (SSSR count). The van der Waals surface area contributed by atoms with Crippen molar-refractivity contribution < 1.29 is 18.8 Å². The van der Waals surface area contributed by atoms with E-state index in [-0.39, 0.29) is 30.6 Å². The van der Waals surface area contributed by atoms with E-state index in [1.54, 1.807) is 0 Å². The quantitative estimate of drug-likeness (QED) is 0.762. The minimum absolute atomic E-state index is 0.0328. The number of Topliss-reactive ketones (excluding diaryl/α,β-unsaturated/α-hetero) is 1. The standard InChI is InChI=1S/C18H27NO4Si/c1-18(2,3)24(4,5)23-13-15-16(20)11-19(15)17(21)22-12-14-9-7-6-8-10-14/h6-10,15H,11-13H2,1-5H3/t15-/m1/s1. The number of benzene rings is 1. The van der Waals surface area contributed by atoms with Gasteiger partial charge < -0.3 is 9.16 Å². The smallest absolute Gasteiger partial charge is 0.411 e. The first-order chi connectivity index (χ1) is 11.1. The van der Waals surface area contributed by atoms with Crippen molar-refractivity contribution in [2.75, 3.05) is 13.2 Å². The Morgan fingerprint density at radius 2 is 1.88 bits per heavy atom. The summed E-state index contributed by atoms with van der Waals surface area (Å²) in [7, 11) is -1.95. The second-order valence-electron chi connectivity index (χ2n) is 7.72. The molecule has 0 saturated carbocycles. The summed E-state index contributed by atoms with van der Waals surface area (Å²) >= 11 is 0. The molecule has 1 heterocycles. The molecule has 0 aromatic heterocycles. The molecule has 1 atom stereocenters. The molecule has 1 fully saturated rings. The van der Waals surface area contributed by atoms with Gasteiger partial charge in [0.1, 0.15) is 12.6 Å². The Morgan fingerprint density at radius 1 is 1.25 bits per heavy atom. The lowest BCUT2D eigenvalue weighted by Crippen LogP contribution is -2.62. The number of ketones is 1. The zero-order valence-electron chi connectivity index (χ0n) is 15.2. The lowest BCUT2D eigenvalue weighted by atomic mass is 10.0. The molecule has 5 nitrogen and oxygen atoms in total. The third-order valence-electron chi connectivity index (χ3n) is 4.92. The van der Waals surface area contributed by atoms with Crippen LogP contribution in [0.5, 0.6) is 0 Å². The maximum atomic E-state index is 12.2. The topological polar surface area (TPSA) is 55.8 Å². The Hall–Kier alpha value is -1.66. The molecule has 0 unspecified atom stereocenters. The summed E-state index contributed by atoms with van der Waals surface area (Å²) in [6.45, 7) is 11.3. The van der Waals surface area contributed by atoms with Crippen LogP contribution in [0, 0.1) is 0 Å². The first kappa shape index (κ1) is 18.7. The van der Waals surface area contributed by atoms with Crippen molar-refractivity contribution in [2.45, 2.75) is 51.6 Å². The van der Waals surface area contributed by atoms with E-state index < -0.39 is 20.5 Å². The number of nitrogens with zero attached hydrogens (tertiary/aromatic N) is 1. The molecule has 1 aromatic rings. The molecule has 1 aliphatic rings. The summed E-state index contributed by atoms with van der Waals surface area (Å²) in [6, 6.07) is 8.98. The molecule has 6 heteroatoms. The molecule has 24 heavy (non-hydrogen) atoms. The highest BCUT2D eigenvalue weighted by molar-refractivity contribution is 6.74. The van der Waals surface area contributed by atoms with E-state index in [2.05, 4.69) is 33.9 Å². The van der Waals surface area contributed by atoms with Crippen molar-refractivity contribution in [1.29, 1.82) is 0 Å². The average molecular weight is 350 g/mol. The number of amides is 1. The van der Waals surface area contributed by atoms with Crippen molar-refractivity contribution in [3.63, 3.8) is 0 Å². The second kappa shape index (κ2) is 7.07. The van der Waals surface area contributed by atoms with Crippen molar-refractivity contribution >= 4 is 20.2 Å². The Morgan fingerprint density at radius 3 is 2.42 bits per heavy atom. The number of hydrogen-bond acceptors (Lipinski definition) is 4. The predicted octanol–water partition coefficient (Wildman–Crippen LogP) is 3.60. The fourth-order valence-corrected chi connectivity index (χ4v) is 3.13. The van der Waals surface area contributed by atoms with Crippen LogP contribution in [0.15, 0.2) is 30.3 Å². The Kier molecular flexibility index (Phi) is 5.50. The van der Waals surface area contributed by atoms with Gasteiger partial charge in [0.05, 0.1) is 13.2 Å². The SMILES string of the molecule is CC(C)(C)[Si](C)(C)OC[C@@H]1C(=O)CN1C(=O)OCc1ccccc1. The highest BCUT2D eigenvalue weighted by Gasteiger charge is 2.44. The summed E-state index contributed by atoms with van der Waals surface area (Å²) in [5.41, 5.74) is 0.923. The van der Waals surface area contributed by atoms with Gasteiger partial charge in [0, 0.05) is 0 Å². The number of ether oxygens (including phenoxy) is 1. The molecule has 1 aliphatic heterocycles. The van der Waals surface area contributed by atoms with Crippen molar-refractivity contribution in [3.05, 3.63) is 35.9 Å². The van der Waals surface area contributed by atoms with Gasteiger partial charge in [-0.3, -0.25) is 9.69 Å². The van der Waals surface area contributed by atoms with Crippen LogP contribution < -0.4 is 0 Å². The van der Waals surface area contributed by atoms with Crippen LogP contribution in [-0.4, -0.2) is 44.3 Å². The Bertz CT molecular complexity index is 595. The minimum Gasteiger partial charge on any atom is -0.445 e. The van der Waals surface area contributed by atoms with E-state index in [1.165, 1.54) is 4.90 Å². The molecule has 0 spiro atoms. The first-order valence-corrected chi connectivity index (χ1v) is 11.2. The highest BCUT2D eigenvalue weighted by Crippen LogP contribution is 2.37. The van der Waals surface area contributed by atoms with E-state index >= 15 is 0 Å². The second-order valence-corrected chi connectivity index (χ2v) is 12.5. The van der Waals surface area contributed by atoms with Crippen molar-refractivity contribution in [1.82, 2.24) is 4.90 Å². The summed E-state index contributed by atoms with van der Waals surface area (Å²) < 4.78 is 11.4. The van der Waals surface area contributed by atoms with Crippen LogP contribution in [0.4, 0.5) is 4.79 Å². The van der Waals surface area contributed by atoms with Gasteiger partial charge in [0.15, 0.2) is 14.1 Å². The Balaban J connectivity index is 1.87. The molecular formula is C18H27NO4Si. The minimum atomic E-state index is -1.95. The van der Waals surface area contributed by atoms with Crippen molar-refractivity contribution in [3.8, 4) is 0 Å². The predicted molar refractivity (Wildman–Crippen MR) is 95.3 cm³/mol. The molecule has 0 N–H and O–H groups in total. The average Bonchev–Trinajstić information content (AvgIpc) is 2.50. The van der Waals surface area contributed by atoms with Crippen LogP contribution >= 0.6 is 0 Å². The largest absolute Gasteiger partial charge is 0.445 e. The third kappa shape index (κ3) is 4.24. The van der Waals surface area contributed by atoms with Gasteiger partial charge in [-0.05, 0) is 23.7 Å². The van der Waals surface area contributed by atoms with Crippen LogP contribution in [0.2, 0.25) is 18.1 Å². The molecule has 0 bridgehead atoms. The van der Waals surface area contributed by atoms with Gasteiger partial charge in [0.2, 0.25) is 0 Å². The zero-order valence-corrected chi connectivity index (χ0v) is 16.2. The molecular weight excluding hydrogens is 322 g/mol. The summed E-state index contributed by atoms with van der Waals surface area (Å²) in [6.07, 6.45) is -0.456. The summed E-state index contributed by atoms with van der Waals surface area (Å²) in [5, 5.41) is 0.0679. The van der Waals surface area contributed by atoms with E-state index in [1.807, 2.05) is 30.3 Å². The van der Waals surface area contributed by atoms with E-state index in [4.69, 9.17) is 9.16 Å². The van der Waals surface area contributed by atoms with Gasteiger partial charge in [-0.2, -0.15) is 0 Å². The summed E-state index contributed by atoms with van der Waals surface area (Å²) in [4.78, 5) is 25.5. The van der Waals surface area contributed by atoms with Gasteiger partial charge in [-0.1, -0.05) is 51.1 Å². The normalized spacial score (nSPS) is 18.3. The molecule has 1 saturated heterocycles. The number of carbonyl (C=O) groups is 2. The molecule has 1 aromatic carbocycles. The molecule has 0 aliphatic carbocycles. The van der Waals surface area contributed by atoms with Crippen LogP contribution in [0.3, 0.4) is 0 Å². The van der Waals surface area contributed by atoms with Gasteiger partial charge in [0.25, 0.3) is 0 Å². The number of hydrogen-bond donors (Lipinski definition) is 0. The maximum Gasteiger partial charge on any atom is 0.411 e. The van der Waals surface area contributed by atoms with Crippen molar-refractivity contribution in [2.24, 2.45) is 0 Å². The molecule has 0 radical (unpaired) electrons. The molecule has 1 amide bonds. The van der Waals surface area contributed by atoms with Crippen LogP contribution in [-0.2, 0) is 20.6 Å². The number of likely N-dealkylation sites (tertiary alicyclic amines) is 1. The monoisotopic (exact) mass is 349 g/mol. The van der Waals surface area contributed by atoms with E-state index in [0.717, 1.165) is 5.56 Å². The zero-order chi connectivity index (χ0) is 18.0. The fraction of sp³-hybridized carbons (Fsp3) is 0.556. The summed E-state index contributed by atoms with van der Waals surface area (Å²) in [5.74, 6) is 0.0328.